The van der Waals surface area contributed by atoms with E-state index in [1.807, 2.05) is 12.3 Å². The molecule has 1 atom stereocenters. The summed E-state index contributed by atoms with van der Waals surface area (Å²) in [6, 6.07) is 11.9. The SMILES string of the molecule is CC(CNC1CC1)NCc1ccc2ncccc2c1. The number of aromatic nitrogens is 1. The molecule has 3 rings (SSSR count). The summed E-state index contributed by atoms with van der Waals surface area (Å²) in [6.45, 7) is 4.20. The summed E-state index contributed by atoms with van der Waals surface area (Å²) in [5.41, 5.74) is 2.38. The van der Waals surface area contributed by atoms with Crippen LogP contribution in [0, 0.1) is 0 Å². The fourth-order valence-corrected chi connectivity index (χ4v) is 2.23. The molecule has 0 amide bonds. The molecule has 3 nitrogen and oxygen atoms in total. The third-order valence-electron chi connectivity index (χ3n) is 3.61. The molecule has 1 heterocycles. The summed E-state index contributed by atoms with van der Waals surface area (Å²) in [5, 5.41) is 8.33. The van der Waals surface area contributed by atoms with Crippen molar-refractivity contribution in [3.63, 3.8) is 0 Å². The van der Waals surface area contributed by atoms with Gasteiger partial charge in [0.1, 0.15) is 0 Å². The Labute approximate surface area is 114 Å². The Bertz CT molecular complexity index is 548. The van der Waals surface area contributed by atoms with Crippen molar-refractivity contribution in [2.45, 2.75) is 38.4 Å². The van der Waals surface area contributed by atoms with Crippen LogP contribution in [0.5, 0.6) is 0 Å². The van der Waals surface area contributed by atoms with E-state index in [2.05, 4.69) is 46.8 Å². The maximum atomic E-state index is 4.34. The van der Waals surface area contributed by atoms with Gasteiger partial charge in [0.05, 0.1) is 5.52 Å². The molecule has 1 fully saturated rings. The summed E-state index contributed by atoms with van der Waals surface area (Å²) >= 11 is 0. The fourth-order valence-electron chi connectivity index (χ4n) is 2.23. The molecule has 0 aliphatic heterocycles. The van der Waals surface area contributed by atoms with E-state index in [0.717, 1.165) is 24.6 Å². The molecular weight excluding hydrogens is 234 g/mol. The Kier molecular flexibility index (Phi) is 3.76. The van der Waals surface area contributed by atoms with Crippen molar-refractivity contribution < 1.29 is 0 Å². The molecule has 1 aromatic heterocycles. The van der Waals surface area contributed by atoms with E-state index in [-0.39, 0.29) is 0 Å². The second-order valence-corrected chi connectivity index (χ2v) is 5.49. The summed E-state index contributed by atoms with van der Waals surface area (Å²) in [7, 11) is 0. The van der Waals surface area contributed by atoms with Crippen molar-refractivity contribution in [1.82, 2.24) is 15.6 Å². The van der Waals surface area contributed by atoms with Crippen LogP contribution in [-0.2, 0) is 6.54 Å². The molecule has 1 saturated carbocycles. The van der Waals surface area contributed by atoms with E-state index in [9.17, 15) is 0 Å². The zero-order chi connectivity index (χ0) is 13.1. The number of pyridine rings is 1. The summed E-state index contributed by atoms with van der Waals surface area (Å²) in [6.07, 6.45) is 4.54. The minimum Gasteiger partial charge on any atom is -0.312 e. The lowest BCUT2D eigenvalue weighted by Gasteiger charge is -2.14. The zero-order valence-corrected chi connectivity index (χ0v) is 11.4. The van der Waals surface area contributed by atoms with Crippen LogP contribution < -0.4 is 10.6 Å². The number of benzene rings is 1. The Morgan fingerprint density at radius 3 is 3.05 bits per heavy atom. The second-order valence-electron chi connectivity index (χ2n) is 5.49. The van der Waals surface area contributed by atoms with Crippen molar-refractivity contribution in [3.05, 3.63) is 42.1 Å². The van der Waals surface area contributed by atoms with Crippen LogP contribution in [-0.4, -0.2) is 23.6 Å². The molecule has 2 N–H and O–H groups in total. The molecule has 3 heteroatoms. The fraction of sp³-hybridized carbons (Fsp3) is 0.438. The molecule has 1 aliphatic carbocycles. The number of rotatable bonds is 6. The number of nitrogens with one attached hydrogen (secondary N) is 2. The zero-order valence-electron chi connectivity index (χ0n) is 11.4. The molecule has 0 bridgehead atoms. The Morgan fingerprint density at radius 1 is 1.32 bits per heavy atom. The summed E-state index contributed by atoms with van der Waals surface area (Å²) in [5.74, 6) is 0. The Balaban J connectivity index is 1.55. The molecule has 100 valence electrons. The summed E-state index contributed by atoms with van der Waals surface area (Å²) in [4.78, 5) is 4.34. The molecule has 1 aliphatic rings. The van der Waals surface area contributed by atoms with E-state index >= 15 is 0 Å². The predicted octanol–water partition coefficient (Wildman–Crippen LogP) is 2.46. The Morgan fingerprint density at radius 2 is 2.21 bits per heavy atom. The number of hydrogen-bond acceptors (Lipinski definition) is 3. The first kappa shape index (κ1) is 12.6. The topological polar surface area (TPSA) is 37.0 Å². The van der Waals surface area contributed by atoms with Gasteiger partial charge >= 0.3 is 0 Å². The van der Waals surface area contributed by atoms with Crippen LogP contribution >= 0.6 is 0 Å². The van der Waals surface area contributed by atoms with Gasteiger partial charge in [0.2, 0.25) is 0 Å². The van der Waals surface area contributed by atoms with E-state index in [4.69, 9.17) is 0 Å². The molecule has 19 heavy (non-hydrogen) atoms. The van der Waals surface area contributed by atoms with Crippen LogP contribution in [0.4, 0.5) is 0 Å². The monoisotopic (exact) mass is 255 g/mol. The predicted molar refractivity (Wildman–Crippen MR) is 79.1 cm³/mol. The van der Waals surface area contributed by atoms with E-state index in [0.29, 0.717) is 6.04 Å². The quantitative estimate of drug-likeness (QED) is 0.832. The Hall–Kier alpha value is -1.45. The highest BCUT2D eigenvalue weighted by Crippen LogP contribution is 2.18. The third-order valence-corrected chi connectivity index (χ3v) is 3.61. The van der Waals surface area contributed by atoms with Crippen LogP contribution in [0.15, 0.2) is 36.5 Å². The minimum atomic E-state index is 0.505. The molecule has 1 unspecified atom stereocenters. The normalized spacial score (nSPS) is 16.7. The van der Waals surface area contributed by atoms with Gasteiger partial charge in [0, 0.05) is 36.8 Å². The van der Waals surface area contributed by atoms with Gasteiger partial charge in [-0.05, 0) is 43.5 Å². The maximum Gasteiger partial charge on any atom is 0.0702 e. The van der Waals surface area contributed by atoms with E-state index in [1.165, 1.54) is 23.8 Å². The second kappa shape index (κ2) is 5.68. The molecule has 0 radical (unpaired) electrons. The third kappa shape index (κ3) is 3.52. The average Bonchev–Trinajstić information content (AvgIpc) is 3.27. The minimum absolute atomic E-state index is 0.505. The van der Waals surface area contributed by atoms with Crippen LogP contribution in [0.2, 0.25) is 0 Å². The van der Waals surface area contributed by atoms with Gasteiger partial charge in [0.15, 0.2) is 0 Å². The van der Waals surface area contributed by atoms with Crippen LogP contribution in [0.3, 0.4) is 0 Å². The molecule has 0 spiro atoms. The number of hydrogen-bond donors (Lipinski definition) is 2. The highest BCUT2D eigenvalue weighted by atomic mass is 15.0. The molecular formula is C16H21N3. The highest BCUT2D eigenvalue weighted by molar-refractivity contribution is 5.78. The lowest BCUT2D eigenvalue weighted by atomic mass is 10.1. The van der Waals surface area contributed by atoms with Gasteiger partial charge < -0.3 is 10.6 Å². The largest absolute Gasteiger partial charge is 0.312 e. The van der Waals surface area contributed by atoms with Gasteiger partial charge in [-0.3, -0.25) is 4.98 Å². The lowest BCUT2D eigenvalue weighted by molar-refractivity contribution is 0.500. The van der Waals surface area contributed by atoms with Gasteiger partial charge in [-0.15, -0.1) is 0 Å². The van der Waals surface area contributed by atoms with Crippen LogP contribution in [0.25, 0.3) is 10.9 Å². The standard InChI is InChI=1S/C16H21N3/c1-12(10-19-15-5-6-15)18-11-13-4-7-16-14(9-13)3-2-8-17-16/h2-4,7-9,12,15,18-19H,5-6,10-11H2,1H3. The van der Waals surface area contributed by atoms with E-state index in [1.54, 1.807) is 0 Å². The van der Waals surface area contributed by atoms with E-state index < -0.39 is 0 Å². The first-order valence-electron chi connectivity index (χ1n) is 7.12. The van der Waals surface area contributed by atoms with Gasteiger partial charge in [-0.25, -0.2) is 0 Å². The molecule has 1 aromatic carbocycles. The molecule has 0 saturated heterocycles. The first-order chi connectivity index (χ1) is 9.31. The number of nitrogens with zero attached hydrogens (tertiary/aromatic N) is 1. The van der Waals surface area contributed by atoms with Crippen molar-refractivity contribution in [1.29, 1.82) is 0 Å². The van der Waals surface area contributed by atoms with Crippen molar-refractivity contribution in [2.24, 2.45) is 0 Å². The average molecular weight is 255 g/mol. The van der Waals surface area contributed by atoms with Gasteiger partial charge in [-0.2, -0.15) is 0 Å². The number of fused-ring (bicyclic) bond motifs is 1. The maximum absolute atomic E-state index is 4.34. The van der Waals surface area contributed by atoms with Crippen molar-refractivity contribution >= 4 is 10.9 Å². The summed E-state index contributed by atoms with van der Waals surface area (Å²) < 4.78 is 0. The molecule has 2 aromatic rings. The van der Waals surface area contributed by atoms with Crippen LogP contribution in [0.1, 0.15) is 25.3 Å². The van der Waals surface area contributed by atoms with Crippen molar-refractivity contribution in [2.75, 3.05) is 6.54 Å². The highest BCUT2D eigenvalue weighted by Gasteiger charge is 2.20. The van der Waals surface area contributed by atoms with Gasteiger partial charge in [0.25, 0.3) is 0 Å². The van der Waals surface area contributed by atoms with Crippen molar-refractivity contribution in [3.8, 4) is 0 Å². The smallest absolute Gasteiger partial charge is 0.0702 e. The van der Waals surface area contributed by atoms with Gasteiger partial charge in [-0.1, -0.05) is 12.1 Å². The lowest BCUT2D eigenvalue weighted by Crippen LogP contribution is -2.36. The first-order valence-corrected chi connectivity index (χ1v) is 7.12.